The number of anilines is 1. The first-order valence-electron chi connectivity index (χ1n) is 15.6. The quantitative estimate of drug-likeness (QED) is 0.310. The Morgan fingerprint density at radius 3 is 2.51 bits per heavy atom. The molecule has 5 heterocycles. The van der Waals surface area contributed by atoms with E-state index in [-0.39, 0.29) is 11.2 Å². The first kappa shape index (κ1) is 26.3. The summed E-state index contributed by atoms with van der Waals surface area (Å²) < 4.78 is 8.47. The summed E-state index contributed by atoms with van der Waals surface area (Å²) in [6.45, 7) is 3.87. The summed E-state index contributed by atoms with van der Waals surface area (Å²) in [5, 5.41) is 12.6. The first-order chi connectivity index (χ1) is 21.1. The van der Waals surface area contributed by atoms with Crippen molar-refractivity contribution in [2.75, 3.05) is 25.0 Å². The molecule has 9 rings (SSSR count). The van der Waals surface area contributed by atoms with E-state index >= 15 is 0 Å². The molecule has 4 aromatic rings. The van der Waals surface area contributed by atoms with E-state index < -0.39 is 0 Å². The summed E-state index contributed by atoms with van der Waals surface area (Å²) in [5.41, 5.74) is 5.19. The maximum Gasteiger partial charge on any atom is 0.234 e. The lowest BCUT2D eigenvalue weighted by Gasteiger charge is -2.55. The predicted molar refractivity (Wildman–Crippen MR) is 163 cm³/mol. The Kier molecular flexibility index (Phi) is 6.41. The van der Waals surface area contributed by atoms with Crippen LogP contribution in [0.1, 0.15) is 62.9 Å². The van der Waals surface area contributed by atoms with Crippen LogP contribution in [-0.2, 0) is 12.1 Å². The number of nitrogens with one attached hydrogen (secondary N) is 1. The molecular weight excluding hydrogens is 536 g/mol. The second-order valence-corrected chi connectivity index (χ2v) is 12.9. The van der Waals surface area contributed by atoms with Gasteiger partial charge in [0.05, 0.1) is 17.0 Å². The number of fused-ring (bicyclic) bond motifs is 6. The number of rotatable bonds is 6. The molecule has 0 amide bonds. The fraction of sp³-hybridized carbons (Fsp3) is 0.441. The molecule has 3 saturated carbocycles. The van der Waals surface area contributed by atoms with Crippen molar-refractivity contribution in [3.05, 3.63) is 72.6 Å². The van der Waals surface area contributed by atoms with Crippen molar-refractivity contribution in [2.45, 2.75) is 69.6 Å². The number of benzene rings is 1. The minimum atomic E-state index is 0.108. The van der Waals surface area contributed by atoms with Gasteiger partial charge in [-0.05, 0) is 68.9 Å². The Morgan fingerprint density at radius 1 is 0.953 bits per heavy atom. The first-order valence-corrected chi connectivity index (χ1v) is 15.6. The molecular formula is C34H36N8O. The second-order valence-electron chi connectivity index (χ2n) is 12.9. The third-order valence-electron chi connectivity index (χ3n) is 10.5. The Labute approximate surface area is 252 Å². The molecule has 43 heavy (non-hydrogen) atoms. The lowest BCUT2D eigenvalue weighted by atomic mass is 9.52. The number of likely N-dealkylation sites (tertiary alicyclic amines) is 1. The number of hydrogen-bond donors (Lipinski definition) is 1. The molecule has 0 radical (unpaired) electrons. The number of nitriles is 1. The fourth-order valence-electron chi connectivity index (χ4n) is 8.12. The number of nitrogens with zero attached hydrogens (tertiary/aromatic N) is 7. The van der Waals surface area contributed by atoms with Crippen molar-refractivity contribution in [1.82, 2.24) is 29.4 Å². The zero-order chi connectivity index (χ0) is 28.9. The van der Waals surface area contributed by atoms with Gasteiger partial charge in [-0.1, -0.05) is 30.3 Å². The largest absolute Gasteiger partial charge is 0.472 e. The van der Waals surface area contributed by atoms with E-state index in [1.54, 1.807) is 12.4 Å². The van der Waals surface area contributed by atoms with E-state index in [9.17, 15) is 0 Å². The van der Waals surface area contributed by atoms with Gasteiger partial charge in [-0.2, -0.15) is 5.26 Å². The molecule has 1 aromatic carbocycles. The second kappa shape index (κ2) is 10.5. The number of pyridine rings is 1. The van der Waals surface area contributed by atoms with Crippen LogP contribution in [0.3, 0.4) is 0 Å². The van der Waals surface area contributed by atoms with E-state index in [0.29, 0.717) is 18.2 Å². The summed E-state index contributed by atoms with van der Waals surface area (Å²) in [7, 11) is 0. The average Bonchev–Trinajstić information content (AvgIpc) is 3.48. The van der Waals surface area contributed by atoms with Gasteiger partial charge in [0.15, 0.2) is 6.73 Å². The van der Waals surface area contributed by atoms with E-state index in [1.165, 1.54) is 62.0 Å². The molecule has 2 bridgehead atoms. The van der Waals surface area contributed by atoms with Crippen LogP contribution in [-0.4, -0.2) is 55.1 Å². The SMILES string of the molecule is N#Cc1nccc(NC2CCN(CC34CCC(c5nc6n(c5-c5ccccc5)COc5ccncc5-6)(CC3)CC4)CC2)n1. The molecule has 0 spiro atoms. The zero-order valence-electron chi connectivity index (χ0n) is 24.4. The predicted octanol–water partition coefficient (Wildman–Crippen LogP) is 5.79. The number of hydrogen-bond acceptors (Lipinski definition) is 8. The van der Waals surface area contributed by atoms with E-state index in [0.717, 1.165) is 48.9 Å². The Bertz CT molecular complexity index is 1660. The maximum absolute atomic E-state index is 9.11. The van der Waals surface area contributed by atoms with Crippen molar-refractivity contribution in [3.8, 4) is 34.5 Å². The van der Waals surface area contributed by atoms with Crippen LogP contribution >= 0.6 is 0 Å². The molecule has 4 fully saturated rings. The van der Waals surface area contributed by atoms with Crippen LogP contribution in [0.4, 0.5) is 5.82 Å². The zero-order valence-corrected chi connectivity index (χ0v) is 24.4. The van der Waals surface area contributed by atoms with Crippen LogP contribution in [0.5, 0.6) is 5.75 Å². The smallest absolute Gasteiger partial charge is 0.234 e. The summed E-state index contributed by atoms with van der Waals surface area (Å²) in [6, 6.07) is 17.0. The summed E-state index contributed by atoms with van der Waals surface area (Å²) in [4.78, 5) is 20.8. The maximum atomic E-state index is 9.11. The molecule has 1 N–H and O–H groups in total. The number of aromatic nitrogens is 5. The van der Waals surface area contributed by atoms with Crippen LogP contribution in [0.25, 0.3) is 22.6 Å². The van der Waals surface area contributed by atoms with Crippen LogP contribution in [0.15, 0.2) is 61.1 Å². The minimum absolute atomic E-state index is 0.108. The van der Waals surface area contributed by atoms with E-state index in [2.05, 4.69) is 60.1 Å². The molecule has 0 atom stereocenters. The van der Waals surface area contributed by atoms with Crippen molar-refractivity contribution in [1.29, 1.82) is 5.26 Å². The standard InChI is InChI=1S/C34H36N8O/c35-20-29-37-17-7-28(39-29)38-25-8-18-41(19-9-25)22-33-10-13-34(14-11-33,15-12-33)31-30(24-4-2-1-3-5-24)42-23-43-27-6-16-36-21-26(27)32(42)40-31/h1-7,16-17,21,25H,8-15,18-19,22-23H2,(H,37,38,39). The van der Waals surface area contributed by atoms with Crippen LogP contribution < -0.4 is 10.1 Å². The van der Waals surface area contributed by atoms with Crippen molar-refractivity contribution < 1.29 is 4.74 Å². The third kappa shape index (κ3) is 4.65. The van der Waals surface area contributed by atoms with Crippen molar-refractivity contribution >= 4 is 5.82 Å². The number of ether oxygens (including phenoxy) is 1. The lowest BCUT2D eigenvalue weighted by Crippen LogP contribution is -2.51. The highest BCUT2D eigenvalue weighted by molar-refractivity contribution is 5.73. The van der Waals surface area contributed by atoms with Gasteiger partial charge >= 0.3 is 0 Å². The normalized spacial score (nSPS) is 24.9. The van der Waals surface area contributed by atoms with E-state index in [1.807, 2.05) is 24.4 Å². The van der Waals surface area contributed by atoms with Gasteiger partial charge in [-0.15, -0.1) is 0 Å². The van der Waals surface area contributed by atoms with Gasteiger partial charge in [0.25, 0.3) is 0 Å². The summed E-state index contributed by atoms with van der Waals surface area (Å²) in [6.07, 6.45) is 14.9. The molecule has 2 aliphatic heterocycles. The average molecular weight is 573 g/mol. The minimum Gasteiger partial charge on any atom is -0.472 e. The highest BCUT2D eigenvalue weighted by Gasteiger charge is 2.52. The Morgan fingerprint density at radius 2 is 1.74 bits per heavy atom. The van der Waals surface area contributed by atoms with Crippen LogP contribution in [0.2, 0.25) is 0 Å². The topological polar surface area (TPSA) is 105 Å². The van der Waals surface area contributed by atoms with Gasteiger partial charge in [-0.3, -0.25) is 9.55 Å². The van der Waals surface area contributed by atoms with Gasteiger partial charge in [0.1, 0.15) is 23.5 Å². The molecule has 9 nitrogen and oxygen atoms in total. The number of piperidine rings is 1. The fourth-order valence-corrected chi connectivity index (χ4v) is 8.12. The summed E-state index contributed by atoms with van der Waals surface area (Å²) >= 11 is 0. The molecule has 9 heteroatoms. The molecule has 3 aliphatic carbocycles. The van der Waals surface area contributed by atoms with E-state index in [4.69, 9.17) is 15.0 Å². The van der Waals surface area contributed by atoms with Gasteiger partial charge in [0.2, 0.25) is 5.82 Å². The van der Waals surface area contributed by atoms with Gasteiger partial charge < -0.3 is 15.0 Å². The molecule has 5 aliphatic rings. The Balaban J connectivity index is 0.988. The molecule has 218 valence electrons. The molecule has 3 aromatic heterocycles. The third-order valence-corrected chi connectivity index (χ3v) is 10.5. The monoisotopic (exact) mass is 572 g/mol. The molecule has 0 unspecified atom stereocenters. The number of imidazole rings is 1. The van der Waals surface area contributed by atoms with Crippen LogP contribution in [0, 0.1) is 16.7 Å². The summed E-state index contributed by atoms with van der Waals surface area (Å²) in [5.74, 6) is 2.82. The molecule has 1 saturated heterocycles. The highest BCUT2D eigenvalue weighted by atomic mass is 16.5. The van der Waals surface area contributed by atoms with Gasteiger partial charge in [0, 0.05) is 55.2 Å². The van der Waals surface area contributed by atoms with Gasteiger partial charge in [-0.25, -0.2) is 15.0 Å². The highest BCUT2D eigenvalue weighted by Crippen LogP contribution is 2.59. The van der Waals surface area contributed by atoms with Crippen molar-refractivity contribution in [3.63, 3.8) is 0 Å². The van der Waals surface area contributed by atoms with Crippen molar-refractivity contribution in [2.24, 2.45) is 5.41 Å². The lowest BCUT2D eigenvalue weighted by molar-refractivity contribution is 0.00214. The Hall–Kier alpha value is -4.29.